The van der Waals surface area contributed by atoms with Gasteiger partial charge >= 0.3 is 7.82 Å². The monoisotopic (exact) mass is 677 g/mol. The minimum absolute atomic E-state index is 0.142. The zero-order chi connectivity index (χ0) is 33.5. The van der Waals surface area contributed by atoms with E-state index in [0.29, 0.717) is 12.8 Å². The average Bonchev–Trinajstić information content (AvgIpc) is 3.46. The fraction of sp³-hybridized carbons (Fsp3) is 0.583. The quantitative estimate of drug-likeness (QED) is 0.0682. The highest BCUT2D eigenvalue weighted by Crippen LogP contribution is 2.45. The Labute approximate surface area is 282 Å². The molecule has 0 saturated carbocycles. The lowest BCUT2D eigenvalue weighted by molar-refractivity contribution is -0.121. The third-order valence-corrected chi connectivity index (χ3v) is 9.31. The second kappa shape index (κ2) is 23.9. The number of rotatable bonds is 23. The number of benzene rings is 2. The molecule has 0 radical (unpaired) electrons. The van der Waals surface area contributed by atoms with Crippen molar-refractivity contribution in [1.82, 2.24) is 15.2 Å². The highest BCUT2D eigenvalue weighted by Gasteiger charge is 2.23. The highest BCUT2D eigenvalue weighted by atomic mass is 35.5. The number of para-hydroxylation sites is 2. The molecular weight excluding hydrogens is 621 g/mol. The molecule has 1 atom stereocenters. The van der Waals surface area contributed by atoms with Crippen LogP contribution < -0.4 is 9.84 Å². The molecule has 8 nitrogen and oxygen atoms in total. The number of aromatic amines is 1. The molecule has 1 amide bonds. The first kappa shape index (κ1) is 39.8. The highest BCUT2D eigenvalue weighted by molar-refractivity contribution is 7.47. The summed E-state index contributed by atoms with van der Waals surface area (Å²) in [5.41, 5.74) is 2.43. The van der Waals surface area contributed by atoms with Crippen LogP contribution in [-0.2, 0) is 20.3 Å². The standard InChI is InChI=1S/C30H42ClN2O5P.C6H15N/c31-27-18-10-12-20-29(27)38-39(35,36)37-23-14-8-6-4-2-1-3-5-7-13-22-32-30(34)21-15-16-25-24-33-28-19-11-9-17-26(25)28;1-4-7(5-2)6-3/h9-12,17-20,24,33H,1-8,13-16,21-23H2,(H,32,34)(H,35,36);4-6H2,1-3H3. The number of hydrogen-bond acceptors (Lipinski definition) is 5. The Bertz CT molecular complexity index is 1280. The summed E-state index contributed by atoms with van der Waals surface area (Å²) >= 11 is 5.94. The van der Waals surface area contributed by atoms with E-state index >= 15 is 0 Å². The normalized spacial score (nSPS) is 12.5. The van der Waals surface area contributed by atoms with E-state index in [1.54, 1.807) is 18.2 Å². The molecule has 0 spiro atoms. The zero-order valence-electron chi connectivity index (χ0n) is 28.3. The summed E-state index contributed by atoms with van der Waals surface area (Å²) in [6.45, 7) is 11.1. The summed E-state index contributed by atoms with van der Waals surface area (Å²) in [7, 11) is -4.16. The van der Waals surface area contributed by atoms with Crippen LogP contribution in [0.15, 0.2) is 54.7 Å². The average molecular weight is 678 g/mol. The minimum Gasteiger partial charge on any atom is -0.403 e. The second-order valence-electron chi connectivity index (χ2n) is 11.5. The first-order valence-corrected chi connectivity index (χ1v) is 19.1. The Balaban J connectivity index is 0.000000942. The fourth-order valence-electron chi connectivity index (χ4n) is 5.26. The van der Waals surface area contributed by atoms with Gasteiger partial charge in [0.15, 0.2) is 0 Å². The maximum atomic E-state index is 12.1. The Morgan fingerprint density at radius 2 is 1.43 bits per heavy atom. The van der Waals surface area contributed by atoms with Crippen LogP contribution in [0, 0.1) is 0 Å². The van der Waals surface area contributed by atoms with Crippen molar-refractivity contribution in [3.8, 4) is 5.75 Å². The molecule has 0 saturated heterocycles. The van der Waals surface area contributed by atoms with Gasteiger partial charge in [-0.2, -0.15) is 0 Å². The third kappa shape index (κ3) is 17.0. The van der Waals surface area contributed by atoms with E-state index in [9.17, 15) is 14.3 Å². The van der Waals surface area contributed by atoms with Gasteiger partial charge in [0.05, 0.1) is 11.6 Å². The van der Waals surface area contributed by atoms with Crippen LogP contribution in [0.2, 0.25) is 5.02 Å². The van der Waals surface area contributed by atoms with Crippen LogP contribution in [0.5, 0.6) is 5.75 Å². The number of aromatic nitrogens is 1. The van der Waals surface area contributed by atoms with E-state index in [2.05, 4.69) is 54.3 Å². The molecule has 10 heteroatoms. The number of phosphoric ester groups is 1. The fourth-order valence-corrected chi connectivity index (χ4v) is 6.30. The number of fused-ring (bicyclic) bond motifs is 1. The number of nitrogens with zero attached hydrogens (tertiary/aromatic N) is 1. The van der Waals surface area contributed by atoms with Crippen molar-refractivity contribution in [3.63, 3.8) is 0 Å². The van der Waals surface area contributed by atoms with Crippen molar-refractivity contribution in [3.05, 3.63) is 65.3 Å². The molecule has 3 rings (SSSR count). The van der Waals surface area contributed by atoms with Crippen molar-refractivity contribution in [2.45, 2.75) is 104 Å². The molecular formula is C36H57ClN3O5P. The molecule has 2 aromatic carbocycles. The number of unbranched alkanes of at least 4 members (excludes halogenated alkanes) is 9. The van der Waals surface area contributed by atoms with Crippen LogP contribution in [0.4, 0.5) is 0 Å². The van der Waals surface area contributed by atoms with Gasteiger partial charge in [-0.15, -0.1) is 0 Å². The molecule has 1 unspecified atom stereocenters. The van der Waals surface area contributed by atoms with E-state index in [4.69, 9.17) is 20.6 Å². The Hall–Kier alpha value is -2.35. The van der Waals surface area contributed by atoms with Crippen molar-refractivity contribution in [2.24, 2.45) is 0 Å². The zero-order valence-corrected chi connectivity index (χ0v) is 29.9. The maximum Gasteiger partial charge on any atom is 0.527 e. The summed E-state index contributed by atoms with van der Waals surface area (Å²) in [6.07, 6.45) is 15.3. The van der Waals surface area contributed by atoms with Crippen molar-refractivity contribution in [2.75, 3.05) is 32.8 Å². The Morgan fingerprint density at radius 3 is 2.07 bits per heavy atom. The predicted octanol–water partition coefficient (Wildman–Crippen LogP) is 9.71. The van der Waals surface area contributed by atoms with Gasteiger partial charge in [0.25, 0.3) is 0 Å². The number of nitrogens with one attached hydrogen (secondary N) is 2. The van der Waals surface area contributed by atoms with Crippen LogP contribution >= 0.6 is 19.4 Å². The van der Waals surface area contributed by atoms with Crippen LogP contribution in [0.25, 0.3) is 10.9 Å². The van der Waals surface area contributed by atoms with Gasteiger partial charge in [-0.3, -0.25) is 14.2 Å². The lowest BCUT2D eigenvalue weighted by Crippen LogP contribution is -2.24. The number of phosphoric acid groups is 1. The van der Waals surface area contributed by atoms with Crippen LogP contribution in [-0.4, -0.2) is 53.5 Å². The SMILES string of the molecule is CCN(CC)CC.O=C(CCCc1c[nH]c2ccccc12)NCCCCCCCCCCCCOP(=O)(O)Oc1ccccc1Cl. The molecule has 0 fully saturated rings. The third-order valence-electron chi connectivity index (χ3n) is 8.06. The maximum absolute atomic E-state index is 12.1. The molecule has 1 aromatic heterocycles. The summed E-state index contributed by atoms with van der Waals surface area (Å²) < 4.78 is 22.1. The summed E-state index contributed by atoms with van der Waals surface area (Å²) in [6, 6.07) is 14.8. The number of aryl methyl sites for hydroxylation is 1. The van der Waals surface area contributed by atoms with Gasteiger partial charge in [-0.25, -0.2) is 4.57 Å². The molecule has 0 aliphatic rings. The molecule has 3 aromatic rings. The van der Waals surface area contributed by atoms with E-state index in [-0.39, 0.29) is 23.3 Å². The lowest BCUT2D eigenvalue weighted by Gasteiger charge is -2.13. The Morgan fingerprint density at radius 1 is 0.848 bits per heavy atom. The topological polar surface area (TPSA) is 104 Å². The summed E-state index contributed by atoms with van der Waals surface area (Å²) in [4.78, 5) is 27.6. The van der Waals surface area contributed by atoms with Gasteiger partial charge < -0.3 is 19.7 Å². The van der Waals surface area contributed by atoms with Crippen LogP contribution in [0.1, 0.15) is 103 Å². The number of carbonyl (C=O) groups excluding carboxylic acids is 1. The smallest absolute Gasteiger partial charge is 0.403 e. The number of halogens is 1. The number of hydrogen-bond donors (Lipinski definition) is 3. The summed E-state index contributed by atoms with van der Waals surface area (Å²) in [5, 5.41) is 4.57. The number of H-pyrrole nitrogens is 1. The lowest BCUT2D eigenvalue weighted by atomic mass is 10.1. The molecule has 0 bridgehead atoms. The van der Waals surface area contributed by atoms with Gasteiger partial charge in [0.2, 0.25) is 5.91 Å². The molecule has 1 heterocycles. The van der Waals surface area contributed by atoms with E-state index < -0.39 is 7.82 Å². The van der Waals surface area contributed by atoms with E-state index in [1.807, 2.05) is 12.1 Å². The Kier molecular flexibility index (Phi) is 20.7. The molecule has 3 N–H and O–H groups in total. The van der Waals surface area contributed by atoms with Crippen molar-refractivity contribution < 1.29 is 23.3 Å². The van der Waals surface area contributed by atoms with Gasteiger partial charge in [-0.05, 0) is 69.1 Å². The second-order valence-corrected chi connectivity index (χ2v) is 13.3. The first-order chi connectivity index (χ1) is 22.3. The van der Waals surface area contributed by atoms with Gasteiger partial charge in [0.1, 0.15) is 5.75 Å². The molecule has 258 valence electrons. The molecule has 0 aliphatic heterocycles. The van der Waals surface area contributed by atoms with E-state index in [0.717, 1.165) is 57.0 Å². The van der Waals surface area contributed by atoms with Gasteiger partial charge in [0, 0.05) is 30.1 Å². The largest absolute Gasteiger partial charge is 0.527 e. The predicted molar refractivity (Wildman–Crippen MR) is 192 cm³/mol. The number of carbonyl (C=O) groups is 1. The first-order valence-electron chi connectivity index (χ1n) is 17.2. The summed E-state index contributed by atoms with van der Waals surface area (Å²) in [5.74, 6) is 0.290. The van der Waals surface area contributed by atoms with Crippen molar-refractivity contribution in [1.29, 1.82) is 0 Å². The van der Waals surface area contributed by atoms with Crippen LogP contribution in [0.3, 0.4) is 0 Å². The number of amides is 1. The van der Waals surface area contributed by atoms with E-state index in [1.165, 1.54) is 62.3 Å². The minimum atomic E-state index is -4.16. The van der Waals surface area contributed by atoms with Crippen molar-refractivity contribution >= 4 is 36.2 Å². The molecule has 0 aliphatic carbocycles. The van der Waals surface area contributed by atoms with Gasteiger partial charge in [-0.1, -0.05) is 114 Å². The molecule has 46 heavy (non-hydrogen) atoms.